The summed E-state index contributed by atoms with van der Waals surface area (Å²) in [6.45, 7) is 8.53. The van der Waals surface area contributed by atoms with E-state index in [-0.39, 0.29) is 43.9 Å². The van der Waals surface area contributed by atoms with Crippen molar-refractivity contribution < 1.29 is 51.5 Å². The number of alkyl halides is 3. The van der Waals surface area contributed by atoms with Gasteiger partial charge in [0.15, 0.2) is 6.10 Å². The van der Waals surface area contributed by atoms with Crippen LogP contribution in [0.3, 0.4) is 0 Å². The van der Waals surface area contributed by atoms with Crippen LogP contribution in [0.2, 0.25) is 5.02 Å². The van der Waals surface area contributed by atoms with Crippen LogP contribution in [0.25, 0.3) is 10.1 Å². The maximum Gasteiger partial charge on any atom is 0.391 e. The second-order valence-corrected chi connectivity index (χ2v) is 19.4. The van der Waals surface area contributed by atoms with Crippen molar-refractivity contribution in [2.75, 3.05) is 21.1 Å². The predicted octanol–water partition coefficient (Wildman–Crippen LogP) is 5.83. The Hall–Kier alpha value is -5.22. The van der Waals surface area contributed by atoms with Crippen molar-refractivity contribution in [3.8, 4) is 6.07 Å². The highest BCUT2D eigenvalue weighted by Gasteiger charge is 2.43. The lowest BCUT2D eigenvalue weighted by Gasteiger charge is -2.35. The zero-order valence-corrected chi connectivity index (χ0v) is 40.2. The van der Waals surface area contributed by atoms with Crippen LogP contribution < -0.4 is 16.0 Å². The number of cyclic esters (lactones) is 1. The number of halogens is 4. The molecular formula is C46H61ClF3N7O8S. The van der Waals surface area contributed by atoms with E-state index < -0.39 is 103 Å². The summed E-state index contributed by atoms with van der Waals surface area (Å²) in [6.07, 6.45) is -5.81. The fourth-order valence-corrected chi connectivity index (χ4v) is 9.22. The summed E-state index contributed by atoms with van der Waals surface area (Å²) < 4.78 is 49.0. The number of allylic oxidation sites excluding steroid dienone is 1. The average molecular weight is 965 g/mol. The maximum atomic E-state index is 14.8. The van der Waals surface area contributed by atoms with Crippen molar-refractivity contribution in [2.24, 2.45) is 11.8 Å². The molecular weight excluding hydrogens is 903 g/mol. The van der Waals surface area contributed by atoms with Crippen molar-refractivity contribution in [3.63, 3.8) is 0 Å². The molecule has 362 valence electrons. The Kier molecular flexibility index (Phi) is 19.0. The van der Waals surface area contributed by atoms with E-state index in [1.165, 1.54) is 37.3 Å². The molecule has 3 N–H and O–H groups in total. The highest BCUT2D eigenvalue weighted by Crippen LogP contribution is 2.31. The minimum atomic E-state index is -5.02. The van der Waals surface area contributed by atoms with Crippen LogP contribution in [-0.2, 0) is 44.7 Å². The number of carbonyl (C=O) groups is 7. The number of nitriles is 1. The van der Waals surface area contributed by atoms with E-state index in [0.717, 1.165) is 38.9 Å². The quantitative estimate of drug-likeness (QED) is 0.183. The Balaban J connectivity index is 1.91. The fourth-order valence-electron chi connectivity index (χ4n) is 8.09. The molecule has 4 rings (SSSR count). The van der Waals surface area contributed by atoms with Crippen LogP contribution in [0, 0.1) is 23.2 Å². The van der Waals surface area contributed by atoms with E-state index in [2.05, 4.69) is 16.0 Å². The van der Waals surface area contributed by atoms with Crippen LogP contribution in [0.15, 0.2) is 35.2 Å². The minimum Gasteiger partial charge on any atom is -0.451 e. The van der Waals surface area contributed by atoms with E-state index in [1.54, 1.807) is 18.2 Å². The number of hydrogen-bond donors (Lipinski definition) is 3. The smallest absolute Gasteiger partial charge is 0.391 e. The van der Waals surface area contributed by atoms with Gasteiger partial charge in [-0.25, -0.2) is 4.79 Å². The third-order valence-electron chi connectivity index (χ3n) is 11.9. The summed E-state index contributed by atoms with van der Waals surface area (Å²) in [5, 5.41) is 20.0. The van der Waals surface area contributed by atoms with E-state index in [0.29, 0.717) is 23.4 Å². The number of fused-ring (bicyclic) bond motifs is 1. The molecule has 0 radical (unpaired) electrons. The molecule has 0 unspecified atom stereocenters. The molecule has 0 saturated carbocycles. The number of rotatable bonds is 11. The van der Waals surface area contributed by atoms with Crippen molar-refractivity contribution in [1.29, 1.82) is 5.26 Å². The van der Waals surface area contributed by atoms with Crippen LogP contribution in [0.5, 0.6) is 0 Å². The van der Waals surface area contributed by atoms with Gasteiger partial charge < -0.3 is 35.4 Å². The van der Waals surface area contributed by atoms with Crippen LogP contribution >= 0.6 is 22.9 Å². The van der Waals surface area contributed by atoms with Crippen LogP contribution in [0.4, 0.5) is 13.2 Å². The molecule has 1 fully saturated rings. The fraction of sp³-hybridized carbons (Fsp3) is 0.609. The number of carbonyl (C=O) groups excluding carboxylic acids is 7. The van der Waals surface area contributed by atoms with Gasteiger partial charge in [-0.2, -0.15) is 18.4 Å². The summed E-state index contributed by atoms with van der Waals surface area (Å²) in [6, 6.07) is -1.99. The van der Waals surface area contributed by atoms with E-state index in [9.17, 15) is 52.0 Å². The largest absolute Gasteiger partial charge is 0.451 e. The third kappa shape index (κ3) is 14.4. The van der Waals surface area contributed by atoms with Gasteiger partial charge in [0, 0.05) is 50.1 Å². The molecule has 7 atom stereocenters. The molecule has 15 nitrogen and oxygen atoms in total. The van der Waals surface area contributed by atoms with Crippen molar-refractivity contribution >= 4 is 74.4 Å². The summed E-state index contributed by atoms with van der Waals surface area (Å²) >= 11 is 7.79. The normalized spacial score (nSPS) is 25.1. The number of nitrogens with one attached hydrogen (secondary N) is 3. The molecule has 1 saturated heterocycles. The highest BCUT2D eigenvalue weighted by atomic mass is 35.5. The molecule has 66 heavy (non-hydrogen) atoms. The highest BCUT2D eigenvalue weighted by molar-refractivity contribution is 7.17. The third-order valence-corrected chi connectivity index (χ3v) is 13.1. The number of amides is 6. The molecule has 1 aliphatic carbocycles. The molecule has 2 aromatic rings. The van der Waals surface area contributed by atoms with Gasteiger partial charge in [0.1, 0.15) is 36.3 Å². The Labute approximate surface area is 392 Å². The molecule has 0 spiro atoms. The van der Waals surface area contributed by atoms with Crippen molar-refractivity contribution in [2.45, 2.75) is 147 Å². The maximum absolute atomic E-state index is 14.8. The van der Waals surface area contributed by atoms with Crippen molar-refractivity contribution in [1.82, 2.24) is 30.7 Å². The molecule has 1 aromatic heterocycles. The Bertz CT molecular complexity index is 2190. The van der Waals surface area contributed by atoms with Gasteiger partial charge in [-0.15, -0.1) is 11.3 Å². The van der Waals surface area contributed by atoms with Gasteiger partial charge in [0.05, 0.1) is 12.5 Å². The average Bonchev–Trinajstić information content (AvgIpc) is 3.91. The first-order valence-corrected chi connectivity index (χ1v) is 23.4. The predicted molar refractivity (Wildman–Crippen MR) is 243 cm³/mol. The summed E-state index contributed by atoms with van der Waals surface area (Å²) in [4.78, 5) is 103. The van der Waals surface area contributed by atoms with Gasteiger partial charge >= 0.3 is 12.1 Å². The zero-order valence-electron chi connectivity index (χ0n) is 38.6. The number of ether oxygens (including phenoxy) is 1. The van der Waals surface area contributed by atoms with Gasteiger partial charge in [-0.05, 0) is 91.8 Å². The standard InChI is InChI=1S/C46H61ClF3N7O8S/c1-25(2)18-32-42(61)55(6)27(5)45(64)65-37(14-11-17-51)41(60)54-34(23-46(48,49)50)44(63)56(7)35(20-28-12-9-10-13-28)39(58)53-33(19-26(3)4)43(62)57(8)36(40(59)52-32)21-29-24-66-38-16-15-30(47)22-31(29)38/h12,15-16,22,24-27,32-37H,9-11,13-14,18-21,23H2,1-8H3,(H,52,59)(H,53,58)(H,54,60)/t27-,32-,33-,34-,35-,36-,37+/m0/s1. The van der Waals surface area contributed by atoms with Crippen molar-refractivity contribution in [3.05, 3.63) is 45.8 Å². The first kappa shape index (κ1) is 53.4. The van der Waals surface area contributed by atoms with Gasteiger partial charge in [0.25, 0.3) is 5.91 Å². The topological polar surface area (TPSA) is 198 Å². The van der Waals surface area contributed by atoms with Crippen LogP contribution in [-0.4, -0.2) is 126 Å². The van der Waals surface area contributed by atoms with E-state index in [4.69, 9.17) is 16.3 Å². The van der Waals surface area contributed by atoms with Crippen LogP contribution in [0.1, 0.15) is 98.0 Å². The molecule has 20 heteroatoms. The molecule has 2 heterocycles. The molecule has 0 bridgehead atoms. The van der Waals surface area contributed by atoms with Gasteiger partial charge in [0.2, 0.25) is 29.5 Å². The Morgan fingerprint density at radius 3 is 1.91 bits per heavy atom. The summed E-state index contributed by atoms with van der Waals surface area (Å²) in [7, 11) is 3.80. The number of thiophene rings is 1. The Morgan fingerprint density at radius 2 is 1.38 bits per heavy atom. The lowest BCUT2D eigenvalue weighted by atomic mass is 9.97. The minimum absolute atomic E-state index is 0.0509. The monoisotopic (exact) mass is 963 g/mol. The Morgan fingerprint density at radius 1 is 0.833 bits per heavy atom. The first-order valence-electron chi connectivity index (χ1n) is 22.1. The number of likely N-dealkylation sites (N-methyl/N-ethyl adjacent to an activating group) is 3. The lowest BCUT2D eigenvalue weighted by molar-refractivity contribution is -0.166. The number of hydrogen-bond acceptors (Lipinski definition) is 10. The van der Waals surface area contributed by atoms with Gasteiger partial charge in [-0.3, -0.25) is 28.8 Å². The molecule has 1 aliphatic heterocycles. The summed E-state index contributed by atoms with van der Waals surface area (Å²) in [5.74, 6) is -7.21. The second-order valence-electron chi connectivity index (χ2n) is 18.0. The molecule has 1 aromatic carbocycles. The first-order chi connectivity index (χ1) is 30.9. The number of esters is 1. The SMILES string of the molecule is CC(C)C[C@@H]1NC(=O)[C@H](Cc2csc3ccc(Cl)cc23)N(C)C(=O)[C@H](CC(C)C)NC(=O)[C@H](CC2=CCCC2)N(C)C(=O)[C@H](CC(F)(F)F)NC(=O)[C@@H](CCC#N)OC(=O)[C@H](C)N(C)C1=O. The number of nitrogens with zero attached hydrogens (tertiary/aromatic N) is 4. The zero-order chi connectivity index (χ0) is 49.2. The molecule has 6 amide bonds. The summed E-state index contributed by atoms with van der Waals surface area (Å²) in [5.41, 5.74) is 1.42. The second kappa shape index (κ2) is 23.5. The van der Waals surface area contributed by atoms with E-state index in [1.807, 2.05) is 45.2 Å². The number of benzene rings is 1. The lowest BCUT2D eigenvalue weighted by Crippen LogP contribution is -2.60. The van der Waals surface area contributed by atoms with E-state index >= 15 is 0 Å². The molecule has 2 aliphatic rings. The van der Waals surface area contributed by atoms with Gasteiger partial charge in [-0.1, -0.05) is 50.9 Å².